The molecule has 1 saturated carbocycles. The molecule has 2 fully saturated rings. The zero-order valence-corrected chi connectivity index (χ0v) is 13.2. The van der Waals surface area contributed by atoms with E-state index in [1.54, 1.807) is 0 Å². The van der Waals surface area contributed by atoms with Crippen molar-refractivity contribution < 1.29 is 15.0 Å². The van der Waals surface area contributed by atoms with Crippen LogP contribution in [0, 0.1) is 11.8 Å². The quantitative estimate of drug-likeness (QED) is 0.890. The number of likely N-dealkylation sites (tertiary alicyclic amines) is 1. The van der Waals surface area contributed by atoms with Crippen LogP contribution >= 0.6 is 0 Å². The normalized spacial score (nSPS) is 28.7. The number of nitrogens with zero attached hydrogens (tertiary/aromatic N) is 1. The number of aliphatic hydroxyl groups is 2. The summed E-state index contributed by atoms with van der Waals surface area (Å²) in [5, 5.41) is 20.0. The van der Waals surface area contributed by atoms with E-state index in [-0.39, 0.29) is 18.4 Å². The molecule has 0 radical (unpaired) electrons. The van der Waals surface area contributed by atoms with Gasteiger partial charge in [-0.3, -0.25) is 4.79 Å². The van der Waals surface area contributed by atoms with Gasteiger partial charge in [0.05, 0.1) is 18.6 Å². The number of amides is 1. The molecule has 120 valence electrons. The molecule has 2 atom stereocenters. The summed E-state index contributed by atoms with van der Waals surface area (Å²) in [6.45, 7) is 3.21. The topological polar surface area (TPSA) is 60.8 Å². The second-order valence-electron chi connectivity index (χ2n) is 6.95. The van der Waals surface area contributed by atoms with E-state index in [1.165, 1.54) is 6.42 Å². The molecule has 2 aliphatic rings. The molecule has 4 nitrogen and oxygen atoms in total. The van der Waals surface area contributed by atoms with Gasteiger partial charge in [0.25, 0.3) is 0 Å². The van der Waals surface area contributed by atoms with Gasteiger partial charge in [0.1, 0.15) is 0 Å². The maximum Gasteiger partial charge on any atom is 0.227 e. The van der Waals surface area contributed by atoms with Crippen molar-refractivity contribution in [2.24, 2.45) is 11.8 Å². The van der Waals surface area contributed by atoms with Crippen molar-refractivity contribution in [3.8, 4) is 0 Å². The maximum absolute atomic E-state index is 12.5. The fourth-order valence-electron chi connectivity index (χ4n) is 3.69. The van der Waals surface area contributed by atoms with Crippen LogP contribution in [0.3, 0.4) is 0 Å². The Morgan fingerprint density at radius 3 is 2.45 bits per heavy atom. The van der Waals surface area contributed by atoms with Gasteiger partial charge in [0, 0.05) is 19.0 Å². The minimum atomic E-state index is -0.686. The van der Waals surface area contributed by atoms with Gasteiger partial charge in [-0.25, -0.2) is 0 Å². The predicted octanol–water partition coefficient (Wildman–Crippen LogP) is 1.73. The largest absolute Gasteiger partial charge is 0.392 e. The van der Waals surface area contributed by atoms with Crippen LogP contribution in [-0.2, 0) is 17.8 Å². The highest BCUT2D eigenvalue weighted by molar-refractivity contribution is 5.79. The molecule has 4 heteroatoms. The average Bonchev–Trinajstić information content (AvgIpc) is 2.74. The van der Waals surface area contributed by atoms with Crippen LogP contribution in [0.4, 0.5) is 0 Å². The molecule has 0 spiro atoms. The second kappa shape index (κ2) is 6.01. The fraction of sp³-hybridized carbons (Fsp3) is 0.611. The molecule has 1 saturated heterocycles. The number of hydrogen-bond donors (Lipinski definition) is 2. The maximum atomic E-state index is 12.5. The number of carbonyl (C=O) groups is 1. The highest BCUT2D eigenvalue weighted by Crippen LogP contribution is 2.44. The molecule has 0 bridgehead atoms. The second-order valence-corrected chi connectivity index (χ2v) is 6.95. The summed E-state index contributed by atoms with van der Waals surface area (Å²) < 4.78 is 0. The number of hydrogen-bond acceptors (Lipinski definition) is 3. The van der Waals surface area contributed by atoms with Crippen molar-refractivity contribution in [1.29, 1.82) is 0 Å². The van der Waals surface area contributed by atoms with Gasteiger partial charge in [0.15, 0.2) is 0 Å². The van der Waals surface area contributed by atoms with Gasteiger partial charge in [-0.05, 0) is 29.9 Å². The van der Waals surface area contributed by atoms with E-state index in [9.17, 15) is 9.90 Å². The minimum absolute atomic E-state index is 0.0201. The third-order valence-electron chi connectivity index (χ3n) is 5.52. The molecule has 1 aromatic carbocycles. The Kier molecular flexibility index (Phi) is 4.24. The van der Waals surface area contributed by atoms with Gasteiger partial charge in [-0.1, -0.05) is 37.6 Å². The van der Waals surface area contributed by atoms with E-state index in [1.807, 2.05) is 29.2 Å². The smallest absolute Gasteiger partial charge is 0.227 e. The van der Waals surface area contributed by atoms with E-state index >= 15 is 0 Å². The SMILES string of the molecule is C[C@@H]1CN(C(=O)Cc2ccc(CO)cc2)C[C@@]1(O)C1CCC1. The number of carbonyl (C=O) groups excluding carboxylic acids is 1. The van der Waals surface area contributed by atoms with Crippen molar-refractivity contribution in [2.75, 3.05) is 13.1 Å². The molecular weight excluding hydrogens is 278 g/mol. The Labute approximate surface area is 131 Å². The molecule has 2 N–H and O–H groups in total. The first-order valence-corrected chi connectivity index (χ1v) is 8.22. The van der Waals surface area contributed by atoms with E-state index in [4.69, 9.17) is 5.11 Å². The zero-order valence-electron chi connectivity index (χ0n) is 13.2. The summed E-state index contributed by atoms with van der Waals surface area (Å²) in [5.41, 5.74) is 1.12. The third kappa shape index (κ3) is 2.77. The van der Waals surface area contributed by atoms with Gasteiger partial charge in [-0.2, -0.15) is 0 Å². The van der Waals surface area contributed by atoms with Crippen molar-refractivity contribution in [1.82, 2.24) is 4.90 Å². The van der Waals surface area contributed by atoms with E-state index < -0.39 is 5.60 Å². The summed E-state index contributed by atoms with van der Waals surface area (Å²) in [4.78, 5) is 14.3. The first kappa shape index (κ1) is 15.5. The van der Waals surface area contributed by atoms with E-state index in [2.05, 4.69) is 6.92 Å². The lowest BCUT2D eigenvalue weighted by Gasteiger charge is -2.41. The Balaban J connectivity index is 1.63. The predicted molar refractivity (Wildman–Crippen MR) is 84.1 cm³/mol. The number of aliphatic hydroxyl groups excluding tert-OH is 1. The molecule has 0 aromatic heterocycles. The van der Waals surface area contributed by atoms with Crippen molar-refractivity contribution in [3.05, 3.63) is 35.4 Å². The highest BCUT2D eigenvalue weighted by Gasteiger charge is 2.50. The van der Waals surface area contributed by atoms with E-state index in [0.717, 1.165) is 24.0 Å². The first-order chi connectivity index (χ1) is 10.5. The molecule has 1 amide bonds. The van der Waals surface area contributed by atoms with Crippen LogP contribution < -0.4 is 0 Å². The van der Waals surface area contributed by atoms with Gasteiger partial charge in [-0.15, -0.1) is 0 Å². The standard InChI is InChI=1S/C18H25NO3/c1-13-10-19(12-18(13,22)16-3-2-4-16)17(21)9-14-5-7-15(11-20)8-6-14/h5-8,13,16,20,22H,2-4,9-12H2,1H3/t13-,18+/m1/s1. The number of β-amino-alcohol motifs (C(OH)–C–C–N with tert-alkyl or cyclic N) is 1. The van der Waals surface area contributed by atoms with Gasteiger partial charge >= 0.3 is 0 Å². The molecule has 3 rings (SSSR count). The van der Waals surface area contributed by atoms with E-state index in [0.29, 0.717) is 25.4 Å². The van der Waals surface area contributed by atoms with Gasteiger partial charge < -0.3 is 15.1 Å². The summed E-state index contributed by atoms with van der Waals surface area (Å²) in [6.07, 6.45) is 3.74. The zero-order chi connectivity index (χ0) is 15.7. The molecule has 1 aliphatic heterocycles. The van der Waals surface area contributed by atoms with Crippen molar-refractivity contribution in [2.45, 2.75) is 44.8 Å². The van der Waals surface area contributed by atoms with Crippen molar-refractivity contribution >= 4 is 5.91 Å². The summed E-state index contributed by atoms with van der Waals surface area (Å²) in [5.74, 6) is 0.599. The fourth-order valence-corrected chi connectivity index (χ4v) is 3.69. The van der Waals surface area contributed by atoms with Crippen LogP contribution in [-0.4, -0.2) is 39.7 Å². The molecule has 1 aromatic rings. The van der Waals surface area contributed by atoms with Crippen LogP contribution in [0.5, 0.6) is 0 Å². The Bertz CT molecular complexity index is 538. The summed E-state index contributed by atoms with van der Waals surface area (Å²) in [6, 6.07) is 7.47. The lowest BCUT2D eigenvalue weighted by Crippen LogP contribution is -2.48. The van der Waals surface area contributed by atoms with Crippen molar-refractivity contribution in [3.63, 3.8) is 0 Å². The first-order valence-electron chi connectivity index (χ1n) is 8.22. The average molecular weight is 303 g/mol. The monoisotopic (exact) mass is 303 g/mol. The number of benzene rings is 1. The molecular formula is C18H25NO3. The highest BCUT2D eigenvalue weighted by atomic mass is 16.3. The Morgan fingerprint density at radius 1 is 1.27 bits per heavy atom. The lowest BCUT2D eigenvalue weighted by atomic mass is 9.69. The Morgan fingerprint density at radius 2 is 1.91 bits per heavy atom. The molecule has 1 aliphatic carbocycles. The summed E-state index contributed by atoms with van der Waals surface area (Å²) in [7, 11) is 0. The molecule has 1 heterocycles. The van der Waals surface area contributed by atoms with Crippen LogP contribution in [0.2, 0.25) is 0 Å². The third-order valence-corrected chi connectivity index (χ3v) is 5.52. The van der Waals surface area contributed by atoms with Crippen LogP contribution in [0.1, 0.15) is 37.3 Å². The number of rotatable bonds is 4. The molecule has 22 heavy (non-hydrogen) atoms. The Hall–Kier alpha value is -1.39. The van der Waals surface area contributed by atoms with Crippen LogP contribution in [0.25, 0.3) is 0 Å². The minimum Gasteiger partial charge on any atom is -0.392 e. The summed E-state index contributed by atoms with van der Waals surface area (Å²) >= 11 is 0. The van der Waals surface area contributed by atoms with Gasteiger partial charge in [0.2, 0.25) is 5.91 Å². The van der Waals surface area contributed by atoms with Crippen LogP contribution in [0.15, 0.2) is 24.3 Å². The molecule has 0 unspecified atom stereocenters. The lowest BCUT2D eigenvalue weighted by molar-refractivity contribution is -0.131.